The van der Waals surface area contributed by atoms with Crippen LogP contribution in [0.2, 0.25) is 5.02 Å². The highest BCUT2D eigenvalue weighted by Crippen LogP contribution is 2.38. The maximum Gasteiger partial charge on any atom is 0.234 e. The van der Waals surface area contributed by atoms with Gasteiger partial charge in [-0.2, -0.15) is 0 Å². The molecule has 0 spiro atoms. The average Bonchev–Trinajstić information content (AvgIpc) is 3.28. The van der Waals surface area contributed by atoms with E-state index in [1.165, 1.54) is 23.9 Å². The molecule has 0 bridgehead atoms. The number of thioether (sulfide) groups is 1. The van der Waals surface area contributed by atoms with Gasteiger partial charge >= 0.3 is 0 Å². The number of amides is 1. The van der Waals surface area contributed by atoms with Crippen LogP contribution < -0.4 is 14.8 Å². The third-order valence-corrected chi connectivity index (χ3v) is 6.23. The monoisotopic (exact) mass is 496 g/mol. The molecule has 34 heavy (non-hydrogen) atoms. The lowest BCUT2D eigenvalue weighted by Crippen LogP contribution is -2.17. The van der Waals surface area contributed by atoms with E-state index in [9.17, 15) is 9.18 Å². The van der Waals surface area contributed by atoms with Gasteiger partial charge in [0.1, 0.15) is 19.0 Å². The van der Waals surface area contributed by atoms with E-state index in [4.69, 9.17) is 21.1 Å². The van der Waals surface area contributed by atoms with Crippen LogP contribution in [0.4, 0.5) is 10.1 Å². The Kier molecular flexibility index (Phi) is 6.37. The lowest BCUT2D eigenvalue weighted by atomic mass is 10.2. The molecular weight excluding hydrogens is 479 g/mol. The second kappa shape index (κ2) is 9.74. The van der Waals surface area contributed by atoms with Gasteiger partial charge in [-0.05, 0) is 24.3 Å². The minimum absolute atomic E-state index is 0.0545. The van der Waals surface area contributed by atoms with E-state index in [-0.39, 0.29) is 17.5 Å². The predicted molar refractivity (Wildman–Crippen MR) is 129 cm³/mol. The Balaban J connectivity index is 1.37. The molecule has 0 atom stereocenters. The molecule has 0 fully saturated rings. The predicted octanol–water partition coefficient (Wildman–Crippen LogP) is 5.23. The van der Waals surface area contributed by atoms with Crippen molar-refractivity contribution < 1.29 is 18.7 Å². The first-order valence-corrected chi connectivity index (χ1v) is 11.7. The third kappa shape index (κ3) is 4.71. The number of aromatic nitrogens is 3. The van der Waals surface area contributed by atoms with Crippen LogP contribution in [0, 0.1) is 5.82 Å². The molecule has 1 aliphatic heterocycles. The summed E-state index contributed by atoms with van der Waals surface area (Å²) in [7, 11) is 0. The summed E-state index contributed by atoms with van der Waals surface area (Å²) >= 11 is 7.51. The van der Waals surface area contributed by atoms with Crippen LogP contribution >= 0.6 is 23.4 Å². The first kappa shape index (κ1) is 22.2. The fraction of sp³-hybridized carbons (Fsp3) is 0.125. The molecule has 0 radical (unpaired) electrons. The summed E-state index contributed by atoms with van der Waals surface area (Å²) in [6, 6.07) is 18.8. The van der Waals surface area contributed by atoms with Gasteiger partial charge in [0.2, 0.25) is 5.91 Å². The largest absolute Gasteiger partial charge is 0.486 e. The number of hydrogen-bond acceptors (Lipinski definition) is 6. The number of carbonyl (C=O) groups is 1. The number of benzene rings is 3. The molecule has 4 aromatic rings. The third-order valence-electron chi connectivity index (χ3n) is 4.99. The van der Waals surface area contributed by atoms with Crippen LogP contribution in [0.5, 0.6) is 11.5 Å². The van der Waals surface area contributed by atoms with Gasteiger partial charge in [-0.3, -0.25) is 9.36 Å². The Morgan fingerprint density at radius 1 is 1.03 bits per heavy atom. The topological polar surface area (TPSA) is 78.3 Å². The number of anilines is 1. The first-order valence-electron chi connectivity index (χ1n) is 10.4. The second-order valence-electron chi connectivity index (χ2n) is 7.30. The quantitative estimate of drug-likeness (QED) is 0.368. The molecule has 0 saturated heterocycles. The van der Waals surface area contributed by atoms with Crippen LogP contribution in [-0.4, -0.2) is 39.6 Å². The van der Waals surface area contributed by atoms with Crippen molar-refractivity contribution in [2.45, 2.75) is 5.16 Å². The molecule has 0 saturated carbocycles. The molecule has 1 aliphatic rings. The van der Waals surface area contributed by atoms with Gasteiger partial charge in [-0.25, -0.2) is 4.39 Å². The second-order valence-corrected chi connectivity index (χ2v) is 8.65. The molecule has 0 aliphatic carbocycles. The summed E-state index contributed by atoms with van der Waals surface area (Å²) < 4.78 is 26.4. The highest BCUT2D eigenvalue weighted by atomic mass is 35.5. The van der Waals surface area contributed by atoms with Crippen molar-refractivity contribution in [3.8, 4) is 28.6 Å². The van der Waals surface area contributed by atoms with E-state index in [0.717, 1.165) is 5.56 Å². The Bertz CT molecular complexity index is 1330. The Hall–Kier alpha value is -3.56. The summed E-state index contributed by atoms with van der Waals surface area (Å²) in [5.74, 6) is 1.09. The van der Waals surface area contributed by atoms with Gasteiger partial charge in [0.15, 0.2) is 22.5 Å². The molecule has 0 unspecified atom stereocenters. The summed E-state index contributed by atoms with van der Waals surface area (Å²) in [5.41, 5.74) is 1.96. The molecule has 7 nitrogen and oxygen atoms in total. The van der Waals surface area contributed by atoms with Crippen molar-refractivity contribution >= 4 is 35.0 Å². The number of hydrogen-bond donors (Lipinski definition) is 1. The number of halogens is 2. The van der Waals surface area contributed by atoms with Gasteiger partial charge in [-0.15, -0.1) is 10.2 Å². The standard InChI is InChI=1S/C24H18ClFN4O3S/c25-18-12-20-21(33-11-10-32-20)13-19(18)27-22(31)14-34-24-29-28-23(15-4-2-1-3-5-15)30(24)17-8-6-16(26)7-9-17/h1-9,12-13H,10-11,14H2,(H,27,31). The zero-order chi connectivity index (χ0) is 23.5. The maximum absolute atomic E-state index is 13.5. The minimum Gasteiger partial charge on any atom is -0.486 e. The molecule has 3 aromatic carbocycles. The minimum atomic E-state index is -0.344. The molecule has 2 heterocycles. The van der Waals surface area contributed by atoms with Gasteiger partial charge < -0.3 is 14.8 Å². The summed E-state index contributed by atoms with van der Waals surface area (Å²) in [6.07, 6.45) is 0. The van der Waals surface area contributed by atoms with Crippen molar-refractivity contribution in [2.24, 2.45) is 0 Å². The fourth-order valence-corrected chi connectivity index (χ4v) is 4.39. The Labute approximate surface area is 203 Å². The number of nitrogens with zero attached hydrogens (tertiary/aromatic N) is 3. The molecule has 1 aromatic heterocycles. The van der Waals surface area contributed by atoms with E-state index in [1.54, 1.807) is 28.8 Å². The van der Waals surface area contributed by atoms with Crippen LogP contribution in [0.3, 0.4) is 0 Å². The van der Waals surface area contributed by atoms with E-state index < -0.39 is 0 Å². The zero-order valence-corrected chi connectivity index (χ0v) is 19.3. The number of nitrogens with one attached hydrogen (secondary N) is 1. The number of fused-ring (bicyclic) bond motifs is 1. The van der Waals surface area contributed by atoms with Crippen LogP contribution in [0.1, 0.15) is 0 Å². The van der Waals surface area contributed by atoms with E-state index in [1.807, 2.05) is 30.3 Å². The van der Waals surface area contributed by atoms with Gasteiger partial charge in [0.05, 0.1) is 16.5 Å². The molecule has 172 valence electrons. The lowest BCUT2D eigenvalue weighted by molar-refractivity contribution is -0.113. The van der Waals surface area contributed by atoms with E-state index in [2.05, 4.69) is 15.5 Å². The maximum atomic E-state index is 13.5. The molecule has 10 heteroatoms. The zero-order valence-electron chi connectivity index (χ0n) is 17.7. The fourth-order valence-electron chi connectivity index (χ4n) is 3.44. The van der Waals surface area contributed by atoms with Crippen LogP contribution in [0.15, 0.2) is 71.9 Å². The molecule has 1 N–H and O–H groups in total. The lowest BCUT2D eigenvalue weighted by Gasteiger charge is -2.20. The normalized spacial score (nSPS) is 12.4. The molecular formula is C24H18ClFN4O3S. The SMILES string of the molecule is O=C(CSc1nnc(-c2ccccc2)n1-c1ccc(F)cc1)Nc1cc2c(cc1Cl)OCCO2. The summed E-state index contributed by atoms with van der Waals surface area (Å²) in [4.78, 5) is 12.7. The Morgan fingerprint density at radius 2 is 1.74 bits per heavy atom. The molecule has 1 amide bonds. The van der Waals surface area contributed by atoms with Gasteiger partial charge in [0, 0.05) is 23.4 Å². The number of carbonyl (C=O) groups excluding carboxylic acids is 1. The van der Waals surface area contributed by atoms with Crippen molar-refractivity contribution in [1.29, 1.82) is 0 Å². The highest BCUT2D eigenvalue weighted by Gasteiger charge is 2.19. The van der Waals surface area contributed by atoms with Crippen molar-refractivity contribution in [2.75, 3.05) is 24.3 Å². The van der Waals surface area contributed by atoms with Crippen LogP contribution in [-0.2, 0) is 4.79 Å². The van der Waals surface area contributed by atoms with Gasteiger partial charge in [-0.1, -0.05) is 53.7 Å². The van der Waals surface area contributed by atoms with E-state index >= 15 is 0 Å². The summed E-state index contributed by atoms with van der Waals surface area (Å²) in [6.45, 7) is 0.881. The number of rotatable bonds is 6. The summed E-state index contributed by atoms with van der Waals surface area (Å²) in [5, 5.41) is 12.3. The van der Waals surface area contributed by atoms with Crippen molar-refractivity contribution in [3.05, 3.63) is 77.6 Å². The Morgan fingerprint density at radius 3 is 2.47 bits per heavy atom. The average molecular weight is 497 g/mol. The molecule has 5 rings (SSSR count). The van der Waals surface area contributed by atoms with E-state index in [0.29, 0.717) is 52.1 Å². The smallest absolute Gasteiger partial charge is 0.234 e. The first-order chi connectivity index (χ1) is 16.6. The van der Waals surface area contributed by atoms with Gasteiger partial charge in [0.25, 0.3) is 0 Å². The highest BCUT2D eigenvalue weighted by molar-refractivity contribution is 7.99. The van der Waals surface area contributed by atoms with Crippen molar-refractivity contribution in [1.82, 2.24) is 14.8 Å². The van der Waals surface area contributed by atoms with Crippen molar-refractivity contribution in [3.63, 3.8) is 0 Å². The van der Waals surface area contributed by atoms with Crippen LogP contribution in [0.25, 0.3) is 17.1 Å². The number of ether oxygens (including phenoxy) is 2.